The Morgan fingerprint density at radius 1 is 1.40 bits per heavy atom. The van der Waals surface area contributed by atoms with Gasteiger partial charge in [0.1, 0.15) is 0 Å². The van der Waals surface area contributed by atoms with Gasteiger partial charge in [0.05, 0.1) is 23.2 Å². The highest BCUT2D eigenvalue weighted by molar-refractivity contribution is 7.99. The highest BCUT2D eigenvalue weighted by atomic mass is 32.2. The Labute approximate surface area is 148 Å². The normalized spacial score (nSPS) is 13.9. The molecular weight excluding hydrogens is 340 g/mol. The quantitative estimate of drug-likeness (QED) is 0.556. The van der Waals surface area contributed by atoms with Gasteiger partial charge in [-0.25, -0.2) is 9.78 Å². The molecule has 3 rings (SSSR count). The monoisotopic (exact) mass is 358 g/mol. The lowest BCUT2D eigenvalue weighted by molar-refractivity contribution is -0.119. The lowest BCUT2D eigenvalue weighted by Crippen LogP contribution is -2.28. The molecule has 0 radical (unpaired) electrons. The van der Waals surface area contributed by atoms with Crippen LogP contribution in [-0.4, -0.2) is 27.5 Å². The molecule has 1 unspecified atom stereocenters. The largest absolute Gasteiger partial charge is 0.349 e. The molecule has 8 heteroatoms. The summed E-state index contributed by atoms with van der Waals surface area (Å²) in [7, 11) is 0. The van der Waals surface area contributed by atoms with Gasteiger partial charge in [-0.15, -0.1) is 0 Å². The van der Waals surface area contributed by atoms with Crippen molar-refractivity contribution in [1.29, 1.82) is 0 Å². The van der Waals surface area contributed by atoms with E-state index in [1.807, 2.05) is 32.0 Å². The van der Waals surface area contributed by atoms with Gasteiger partial charge < -0.3 is 15.6 Å². The van der Waals surface area contributed by atoms with Crippen molar-refractivity contribution < 1.29 is 9.59 Å². The summed E-state index contributed by atoms with van der Waals surface area (Å²) in [5.74, 6) is 0.0436. The number of anilines is 1. The predicted molar refractivity (Wildman–Crippen MR) is 95.7 cm³/mol. The van der Waals surface area contributed by atoms with Gasteiger partial charge in [0.25, 0.3) is 0 Å². The number of benzene rings is 1. The molecule has 3 N–H and O–H groups in total. The number of hydrogen-bond acceptors (Lipinski definition) is 5. The molecule has 25 heavy (non-hydrogen) atoms. The number of fused-ring (bicyclic) bond motifs is 1. The van der Waals surface area contributed by atoms with Crippen molar-refractivity contribution in [2.24, 2.45) is 0 Å². The van der Waals surface area contributed by atoms with Crippen molar-refractivity contribution in [3.05, 3.63) is 51.6 Å². The van der Waals surface area contributed by atoms with E-state index in [0.717, 1.165) is 22.4 Å². The van der Waals surface area contributed by atoms with E-state index in [9.17, 15) is 14.4 Å². The molecule has 0 bridgehead atoms. The van der Waals surface area contributed by atoms with Gasteiger partial charge in [-0.3, -0.25) is 9.59 Å². The number of rotatable bonds is 5. The Morgan fingerprint density at radius 3 is 3.00 bits per heavy atom. The standard InChI is InChI=1S/C17H18N4O3S/c1-9-7-18-17(24)21-16(9)25-8-15(23)19-10(2)11-3-4-13-12(5-11)6-14(22)20-13/h3-5,7,10H,6,8H2,1-2H3,(H,19,23)(H,20,22)(H,18,21,24). The molecule has 2 heterocycles. The molecule has 0 aliphatic carbocycles. The van der Waals surface area contributed by atoms with E-state index < -0.39 is 5.69 Å². The number of hydrogen-bond donors (Lipinski definition) is 3. The van der Waals surface area contributed by atoms with Crippen molar-refractivity contribution in [3.63, 3.8) is 0 Å². The van der Waals surface area contributed by atoms with E-state index in [1.165, 1.54) is 18.0 Å². The molecule has 7 nitrogen and oxygen atoms in total. The predicted octanol–water partition coefficient (Wildman–Crippen LogP) is 1.54. The Bertz CT molecular complexity index is 894. The third-order valence-electron chi connectivity index (χ3n) is 3.93. The average Bonchev–Trinajstić information content (AvgIpc) is 2.94. The molecule has 1 aromatic carbocycles. The minimum absolute atomic E-state index is 0.0121. The van der Waals surface area contributed by atoms with Crippen molar-refractivity contribution in [2.45, 2.75) is 31.3 Å². The number of nitrogens with one attached hydrogen (secondary N) is 3. The number of carbonyl (C=O) groups excluding carboxylic acids is 2. The highest BCUT2D eigenvalue weighted by Gasteiger charge is 2.19. The van der Waals surface area contributed by atoms with Crippen molar-refractivity contribution in [2.75, 3.05) is 11.1 Å². The minimum atomic E-state index is -0.428. The number of aromatic nitrogens is 2. The van der Waals surface area contributed by atoms with E-state index in [2.05, 4.69) is 20.6 Å². The lowest BCUT2D eigenvalue weighted by Gasteiger charge is -2.15. The van der Waals surface area contributed by atoms with E-state index in [0.29, 0.717) is 11.4 Å². The van der Waals surface area contributed by atoms with E-state index in [1.54, 1.807) is 0 Å². The fraction of sp³-hybridized carbons (Fsp3) is 0.294. The van der Waals surface area contributed by atoms with Gasteiger partial charge in [-0.05, 0) is 36.6 Å². The zero-order valence-electron chi connectivity index (χ0n) is 13.9. The van der Waals surface area contributed by atoms with Crippen LogP contribution >= 0.6 is 11.8 Å². The second-order valence-corrected chi connectivity index (χ2v) is 6.91. The Kier molecular flexibility index (Phi) is 4.89. The number of thioether (sulfide) groups is 1. The minimum Gasteiger partial charge on any atom is -0.349 e. The summed E-state index contributed by atoms with van der Waals surface area (Å²) in [6, 6.07) is 5.52. The van der Waals surface area contributed by atoms with Crippen molar-refractivity contribution in [3.8, 4) is 0 Å². The first-order chi connectivity index (χ1) is 11.9. The Morgan fingerprint density at radius 2 is 2.20 bits per heavy atom. The molecule has 130 valence electrons. The summed E-state index contributed by atoms with van der Waals surface area (Å²) >= 11 is 1.26. The maximum atomic E-state index is 12.2. The highest BCUT2D eigenvalue weighted by Crippen LogP contribution is 2.26. The first-order valence-electron chi connectivity index (χ1n) is 7.83. The maximum Gasteiger partial charge on any atom is 0.345 e. The summed E-state index contributed by atoms with van der Waals surface area (Å²) in [6.07, 6.45) is 1.86. The van der Waals surface area contributed by atoms with Gasteiger partial charge >= 0.3 is 5.69 Å². The van der Waals surface area contributed by atoms with Crippen LogP contribution in [0.2, 0.25) is 0 Å². The fourth-order valence-electron chi connectivity index (χ4n) is 2.61. The first kappa shape index (κ1) is 17.2. The third-order valence-corrected chi connectivity index (χ3v) is 5.05. The molecule has 1 aliphatic rings. The molecule has 2 amide bonds. The van der Waals surface area contributed by atoms with Gasteiger partial charge in [0.2, 0.25) is 11.8 Å². The summed E-state index contributed by atoms with van der Waals surface area (Å²) in [5, 5.41) is 6.36. The summed E-state index contributed by atoms with van der Waals surface area (Å²) < 4.78 is 0. The first-order valence-corrected chi connectivity index (χ1v) is 8.81. The molecule has 1 aromatic heterocycles. The molecule has 0 saturated carbocycles. The van der Waals surface area contributed by atoms with Gasteiger partial charge in [0, 0.05) is 11.9 Å². The maximum absolute atomic E-state index is 12.2. The molecule has 0 fully saturated rings. The average molecular weight is 358 g/mol. The molecule has 1 atom stereocenters. The van der Waals surface area contributed by atoms with Crippen LogP contribution in [0.3, 0.4) is 0 Å². The van der Waals surface area contributed by atoms with E-state index in [-0.39, 0.29) is 23.6 Å². The number of H-pyrrole nitrogens is 1. The second-order valence-electron chi connectivity index (χ2n) is 5.92. The number of amides is 2. The summed E-state index contributed by atoms with van der Waals surface area (Å²) in [6.45, 7) is 3.72. The molecule has 1 aliphatic heterocycles. The Balaban J connectivity index is 1.59. The molecule has 0 spiro atoms. The van der Waals surface area contributed by atoms with E-state index in [4.69, 9.17) is 0 Å². The van der Waals surface area contributed by atoms with Crippen LogP contribution in [0.5, 0.6) is 0 Å². The fourth-order valence-corrected chi connectivity index (χ4v) is 3.41. The molecule has 2 aromatic rings. The zero-order valence-corrected chi connectivity index (χ0v) is 14.7. The van der Waals surface area contributed by atoms with Gasteiger partial charge in [0.15, 0.2) is 0 Å². The summed E-state index contributed by atoms with van der Waals surface area (Å²) in [4.78, 5) is 41.1. The van der Waals surface area contributed by atoms with Crippen molar-refractivity contribution >= 4 is 29.3 Å². The van der Waals surface area contributed by atoms with Crippen LogP contribution in [0.15, 0.2) is 34.2 Å². The molecule has 0 saturated heterocycles. The zero-order chi connectivity index (χ0) is 18.0. The van der Waals surface area contributed by atoms with E-state index >= 15 is 0 Å². The van der Waals surface area contributed by atoms with Crippen LogP contribution in [0, 0.1) is 6.92 Å². The van der Waals surface area contributed by atoms with Gasteiger partial charge in [-0.1, -0.05) is 23.9 Å². The number of nitrogens with zero attached hydrogens (tertiary/aromatic N) is 1. The second kappa shape index (κ2) is 7.10. The van der Waals surface area contributed by atoms with Crippen LogP contribution in [0.4, 0.5) is 5.69 Å². The third kappa shape index (κ3) is 4.08. The number of carbonyl (C=O) groups is 2. The van der Waals surface area contributed by atoms with Gasteiger partial charge in [-0.2, -0.15) is 0 Å². The van der Waals surface area contributed by atoms with Crippen LogP contribution in [-0.2, 0) is 16.0 Å². The smallest absolute Gasteiger partial charge is 0.345 e. The Hall–Kier alpha value is -2.61. The number of aryl methyl sites for hydroxylation is 1. The SMILES string of the molecule is Cc1cnc(=O)[nH]c1SCC(=O)NC(C)c1ccc2c(c1)CC(=O)N2. The topological polar surface area (TPSA) is 104 Å². The van der Waals surface area contributed by atoms with Crippen molar-refractivity contribution in [1.82, 2.24) is 15.3 Å². The van der Waals surface area contributed by atoms with Crippen LogP contribution in [0.1, 0.15) is 29.7 Å². The molecular formula is C17H18N4O3S. The van der Waals surface area contributed by atoms with Crippen LogP contribution in [0.25, 0.3) is 0 Å². The number of aromatic amines is 1. The lowest BCUT2D eigenvalue weighted by atomic mass is 10.0. The van der Waals surface area contributed by atoms with Crippen LogP contribution < -0.4 is 16.3 Å². The summed E-state index contributed by atoms with van der Waals surface area (Å²) in [5.41, 5.74) is 3.12.